The van der Waals surface area contributed by atoms with Crippen molar-refractivity contribution in [2.45, 2.75) is 24.9 Å². The number of rotatable bonds is 3. The SMILES string of the molecule is Nc1ncnc2c1ncn2[C@@H]1OC(COS)CC1O. The van der Waals surface area contributed by atoms with Crippen molar-refractivity contribution in [3.8, 4) is 0 Å². The number of ether oxygens (including phenoxy) is 1. The van der Waals surface area contributed by atoms with Crippen LogP contribution in [0, 0.1) is 0 Å². The quantitative estimate of drug-likeness (QED) is 0.534. The fourth-order valence-electron chi connectivity index (χ4n) is 2.23. The maximum absolute atomic E-state index is 10.1. The minimum Gasteiger partial charge on any atom is -0.388 e. The predicted octanol–water partition coefficient (Wildman–Crippen LogP) is -0.0817. The predicted molar refractivity (Wildman–Crippen MR) is 69.2 cm³/mol. The highest BCUT2D eigenvalue weighted by Crippen LogP contribution is 2.31. The lowest BCUT2D eigenvalue weighted by atomic mass is 10.2. The molecule has 2 aromatic heterocycles. The molecule has 0 spiro atoms. The Bertz CT molecular complexity index is 592. The summed E-state index contributed by atoms with van der Waals surface area (Å²) in [5.74, 6) is 0.298. The molecule has 0 amide bonds. The Morgan fingerprint density at radius 3 is 3.16 bits per heavy atom. The van der Waals surface area contributed by atoms with Gasteiger partial charge in [0, 0.05) is 6.42 Å². The summed E-state index contributed by atoms with van der Waals surface area (Å²) in [7, 11) is 0. The van der Waals surface area contributed by atoms with E-state index in [1.54, 1.807) is 4.57 Å². The van der Waals surface area contributed by atoms with Gasteiger partial charge >= 0.3 is 0 Å². The van der Waals surface area contributed by atoms with E-state index in [1.807, 2.05) is 0 Å². The van der Waals surface area contributed by atoms with Crippen LogP contribution in [0.4, 0.5) is 5.82 Å². The summed E-state index contributed by atoms with van der Waals surface area (Å²) in [5, 5.41) is 10.1. The third-order valence-corrected chi connectivity index (χ3v) is 3.24. The first-order valence-corrected chi connectivity index (χ1v) is 6.10. The lowest BCUT2D eigenvalue weighted by Gasteiger charge is -2.16. The number of aromatic nitrogens is 4. The molecule has 1 fully saturated rings. The fraction of sp³-hybridized carbons (Fsp3) is 0.500. The van der Waals surface area contributed by atoms with Gasteiger partial charge in [0.1, 0.15) is 17.9 Å². The molecule has 3 heterocycles. The van der Waals surface area contributed by atoms with E-state index < -0.39 is 12.3 Å². The van der Waals surface area contributed by atoms with Crippen molar-refractivity contribution in [2.75, 3.05) is 12.3 Å². The molecule has 2 aromatic rings. The average Bonchev–Trinajstić information content (AvgIpc) is 2.94. The second kappa shape index (κ2) is 4.93. The molecule has 1 aliphatic heterocycles. The van der Waals surface area contributed by atoms with Crippen molar-refractivity contribution in [3.63, 3.8) is 0 Å². The number of nitrogen functional groups attached to an aromatic ring is 1. The highest BCUT2D eigenvalue weighted by atomic mass is 32.1. The van der Waals surface area contributed by atoms with Crippen LogP contribution in [0.25, 0.3) is 11.2 Å². The standard InChI is InChI=1S/C10H13N5O3S/c11-8-7-9(13-3-12-8)15(4-14-7)10-6(16)1-5(18-10)2-17-19/h3-6,10,16,19H,1-2H2,(H2,11,12,13)/t5?,6?,10-/m1/s1. The van der Waals surface area contributed by atoms with Gasteiger partial charge in [-0.2, -0.15) is 0 Å². The second-order valence-corrected chi connectivity index (χ2v) is 4.59. The van der Waals surface area contributed by atoms with Gasteiger partial charge in [0.2, 0.25) is 0 Å². The number of aliphatic hydroxyl groups excluding tert-OH is 1. The van der Waals surface area contributed by atoms with Gasteiger partial charge in [-0.1, -0.05) is 0 Å². The van der Waals surface area contributed by atoms with Crippen molar-refractivity contribution in [2.24, 2.45) is 0 Å². The molecule has 0 radical (unpaired) electrons. The molecular formula is C10H13N5O3S. The van der Waals surface area contributed by atoms with Crippen molar-refractivity contribution in [1.82, 2.24) is 19.5 Å². The first-order valence-electron chi connectivity index (χ1n) is 5.73. The zero-order chi connectivity index (χ0) is 13.4. The van der Waals surface area contributed by atoms with E-state index in [4.69, 9.17) is 14.7 Å². The zero-order valence-electron chi connectivity index (χ0n) is 9.88. The van der Waals surface area contributed by atoms with Gasteiger partial charge in [-0.25, -0.2) is 15.0 Å². The molecule has 0 saturated carbocycles. The molecule has 3 rings (SSSR count). The monoisotopic (exact) mass is 283 g/mol. The first-order chi connectivity index (χ1) is 9.20. The molecule has 0 aliphatic carbocycles. The van der Waals surface area contributed by atoms with Gasteiger partial charge in [0.05, 0.1) is 19.0 Å². The number of imidazole rings is 1. The van der Waals surface area contributed by atoms with Crippen LogP contribution in [0.3, 0.4) is 0 Å². The van der Waals surface area contributed by atoms with Gasteiger partial charge in [0.15, 0.2) is 17.7 Å². The fourth-order valence-corrected chi connectivity index (χ4v) is 2.39. The van der Waals surface area contributed by atoms with E-state index >= 15 is 0 Å². The number of aliphatic hydroxyl groups is 1. The number of hydrogen-bond donors (Lipinski definition) is 3. The van der Waals surface area contributed by atoms with E-state index in [9.17, 15) is 5.11 Å². The Labute approximate surface area is 114 Å². The third kappa shape index (κ3) is 2.14. The van der Waals surface area contributed by atoms with Crippen LogP contribution in [0.5, 0.6) is 0 Å². The number of nitrogens with zero attached hydrogens (tertiary/aromatic N) is 4. The summed E-state index contributed by atoms with van der Waals surface area (Å²) >= 11 is 3.68. The molecule has 3 atom stereocenters. The Morgan fingerprint density at radius 1 is 1.53 bits per heavy atom. The first kappa shape index (κ1) is 12.6. The lowest BCUT2D eigenvalue weighted by molar-refractivity contribution is -0.0438. The van der Waals surface area contributed by atoms with Crippen molar-refractivity contribution >= 4 is 29.9 Å². The summed E-state index contributed by atoms with van der Waals surface area (Å²) in [5.41, 5.74) is 6.74. The van der Waals surface area contributed by atoms with Gasteiger partial charge < -0.3 is 19.8 Å². The molecular weight excluding hydrogens is 270 g/mol. The molecule has 0 bridgehead atoms. The maximum Gasteiger partial charge on any atom is 0.167 e. The highest BCUT2D eigenvalue weighted by Gasteiger charge is 2.36. The highest BCUT2D eigenvalue weighted by molar-refractivity contribution is 7.75. The van der Waals surface area contributed by atoms with E-state index in [0.717, 1.165) is 0 Å². The summed E-state index contributed by atoms with van der Waals surface area (Å²) in [6, 6.07) is 0. The molecule has 1 aliphatic rings. The molecule has 3 N–H and O–H groups in total. The van der Waals surface area contributed by atoms with Crippen LogP contribution in [-0.4, -0.2) is 43.4 Å². The maximum atomic E-state index is 10.1. The van der Waals surface area contributed by atoms with Crippen molar-refractivity contribution < 1.29 is 14.0 Å². The van der Waals surface area contributed by atoms with Crippen molar-refractivity contribution in [1.29, 1.82) is 0 Å². The lowest BCUT2D eigenvalue weighted by Crippen LogP contribution is -2.19. The largest absolute Gasteiger partial charge is 0.388 e. The third-order valence-electron chi connectivity index (χ3n) is 3.09. The number of hydrogen-bond acceptors (Lipinski definition) is 8. The summed E-state index contributed by atoms with van der Waals surface area (Å²) in [4.78, 5) is 12.1. The Kier molecular flexibility index (Phi) is 3.27. The Hall–Kier alpha value is -1.42. The topological polar surface area (TPSA) is 108 Å². The number of thiol groups is 1. The number of nitrogens with two attached hydrogens (primary N) is 1. The molecule has 102 valence electrons. The minimum absolute atomic E-state index is 0.214. The van der Waals surface area contributed by atoms with Crippen LogP contribution in [-0.2, 0) is 8.92 Å². The summed E-state index contributed by atoms with van der Waals surface area (Å²) in [6.45, 7) is 0.306. The Morgan fingerprint density at radius 2 is 2.37 bits per heavy atom. The Balaban J connectivity index is 1.94. The van der Waals surface area contributed by atoms with Gasteiger partial charge in [-0.3, -0.25) is 4.57 Å². The van der Waals surface area contributed by atoms with Gasteiger partial charge in [0.25, 0.3) is 0 Å². The van der Waals surface area contributed by atoms with Crippen LogP contribution < -0.4 is 5.73 Å². The average molecular weight is 283 g/mol. The molecule has 2 unspecified atom stereocenters. The number of fused-ring (bicyclic) bond motifs is 1. The van der Waals surface area contributed by atoms with Crippen LogP contribution in [0.2, 0.25) is 0 Å². The van der Waals surface area contributed by atoms with Crippen LogP contribution >= 0.6 is 12.9 Å². The smallest absolute Gasteiger partial charge is 0.167 e. The summed E-state index contributed by atoms with van der Waals surface area (Å²) in [6.07, 6.45) is 1.91. The number of anilines is 1. The normalized spacial score (nSPS) is 27.2. The molecule has 0 aromatic carbocycles. The summed E-state index contributed by atoms with van der Waals surface area (Å²) < 4.78 is 12.1. The van der Waals surface area contributed by atoms with E-state index in [1.165, 1.54) is 12.7 Å². The van der Waals surface area contributed by atoms with Gasteiger partial charge in [-0.15, -0.1) is 0 Å². The molecule has 9 heteroatoms. The molecule has 8 nitrogen and oxygen atoms in total. The molecule has 19 heavy (non-hydrogen) atoms. The molecule has 1 saturated heterocycles. The zero-order valence-corrected chi connectivity index (χ0v) is 10.8. The van der Waals surface area contributed by atoms with E-state index in [-0.39, 0.29) is 6.10 Å². The second-order valence-electron chi connectivity index (χ2n) is 4.33. The van der Waals surface area contributed by atoms with E-state index in [0.29, 0.717) is 30.0 Å². The van der Waals surface area contributed by atoms with E-state index in [2.05, 4.69) is 27.9 Å². The van der Waals surface area contributed by atoms with Crippen molar-refractivity contribution in [3.05, 3.63) is 12.7 Å². The van der Waals surface area contributed by atoms with Crippen LogP contribution in [0.1, 0.15) is 12.6 Å². The van der Waals surface area contributed by atoms with Gasteiger partial charge in [-0.05, 0) is 12.9 Å². The van der Waals surface area contributed by atoms with Crippen LogP contribution in [0.15, 0.2) is 12.7 Å². The minimum atomic E-state index is -0.665.